The van der Waals surface area contributed by atoms with Crippen molar-refractivity contribution in [3.05, 3.63) is 53.6 Å². The highest BCUT2D eigenvalue weighted by Gasteiger charge is 2.11. The number of anilines is 2. The molecule has 7 heteroatoms. The second-order valence-corrected chi connectivity index (χ2v) is 5.74. The highest BCUT2D eigenvalue weighted by Crippen LogP contribution is 2.20. The van der Waals surface area contributed by atoms with E-state index >= 15 is 0 Å². The largest absolute Gasteiger partial charge is 0.462 e. The Morgan fingerprint density at radius 3 is 2.96 bits per heavy atom. The number of ether oxygens (including phenoxy) is 1. The lowest BCUT2D eigenvalue weighted by molar-refractivity contribution is 0.0526. The molecule has 2 N–H and O–H groups in total. The van der Waals surface area contributed by atoms with Gasteiger partial charge in [-0.05, 0) is 49.7 Å². The fourth-order valence-corrected chi connectivity index (χ4v) is 2.72. The average molecular weight is 335 g/mol. The predicted molar refractivity (Wildman–Crippen MR) is 95.3 cm³/mol. The van der Waals surface area contributed by atoms with Crippen molar-refractivity contribution >= 4 is 34.4 Å². The van der Waals surface area contributed by atoms with Crippen LogP contribution in [-0.2, 0) is 4.74 Å². The molecule has 0 unspecified atom stereocenters. The number of aromatic nitrogens is 4. The van der Waals surface area contributed by atoms with Gasteiger partial charge in [0.1, 0.15) is 0 Å². The molecule has 4 aromatic rings. The Bertz CT molecular complexity index is 1080. The van der Waals surface area contributed by atoms with E-state index in [1.165, 1.54) is 0 Å². The van der Waals surface area contributed by atoms with Crippen molar-refractivity contribution in [2.24, 2.45) is 0 Å². The molecule has 7 nitrogen and oxygen atoms in total. The van der Waals surface area contributed by atoms with Gasteiger partial charge in [-0.1, -0.05) is 12.1 Å². The number of hydrogen-bond donors (Lipinski definition) is 2. The number of aryl methyl sites for hydroxylation is 1. The standard InChI is InChI=1S/C18H17N5O2/c1-3-25-16(24)12-5-4-6-13(10-12)19-17-21-18-20-14-9-11(2)7-8-15(14)23(18)22-17/h4-10H,3H2,1-2H3,(H2,19,20,21,22). The highest BCUT2D eigenvalue weighted by atomic mass is 16.5. The van der Waals surface area contributed by atoms with Gasteiger partial charge in [0.05, 0.1) is 23.2 Å². The molecule has 0 atom stereocenters. The molecule has 2 heterocycles. The molecular weight excluding hydrogens is 318 g/mol. The first kappa shape index (κ1) is 15.2. The second kappa shape index (κ2) is 5.94. The summed E-state index contributed by atoms with van der Waals surface area (Å²) in [7, 11) is 0. The lowest BCUT2D eigenvalue weighted by Gasteiger charge is -2.05. The molecular formula is C18H17N5O2. The van der Waals surface area contributed by atoms with Crippen molar-refractivity contribution in [1.82, 2.24) is 19.6 Å². The predicted octanol–water partition coefficient (Wildman–Crippen LogP) is 3.44. The topological polar surface area (TPSA) is 84.3 Å². The van der Waals surface area contributed by atoms with E-state index in [0.717, 1.165) is 22.3 Å². The van der Waals surface area contributed by atoms with Gasteiger partial charge in [-0.2, -0.15) is 4.98 Å². The average Bonchev–Trinajstić information content (AvgIpc) is 3.11. The van der Waals surface area contributed by atoms with E-state index in [0.29, 0.717) is 23.9 Å². The number of benzene rings is 2. The van der Waals surface area contributed by atoms with Crippen molar-refractivity contribution in [2.45, 2.75) is 13.8 Å². The molecule has 0 saturated carbocycles. The zero-order chi connectivity index (χ0) is 17.4. The fraction of sp³-hybridized carbons (Fsp3) is 0.167. The zero-order valence-electron chi connectivity index (χ0n) is 13.9. The van der Waals surface area contributed by atoms with E-state index in [9.17, 15) is 4.79 Å². The smallest absolute Gasteiger partial charge is 0.338 e. The Labute approximate surface area is 143 Å². The molecule has 25 heavy (non-hydrogen) atoms. The number of hydrogen-bond acceptors (Lipinski definition) is 5. The summed E-state index contributed by atoms with van der Waals surface area (Å²) in [5.74, 6) is 0.789. The van der Waals surface area contributed by atoms with Gasteiger partial charge in [0.15, 0.2) is 0 Å². The van der Waals surface area contributed by atoms with Gasteiger partial charge < -0.3 is 10.1 Å². The first-order chi connectivity index (χ1) is 12.1. The summed E-state index contributed by atoms with van der Waals surface area (Å²) in [5, 5.41) is 6.33. The first-order valence-electron chi connectivity index (χ1n) is 8.03. The molecule has 0 aliphatic rings. The molecule has 4 rings (SSSR count). The van der Waals surface area contributed by atoms with E-state index in [1.807, 2.05) is 35.7 Å². The third-order valence-corrected chi connectivity index (χ3v) is 3.86. The molecule has 2 aromatic carbocycles. The Morgan fingerprint density at radius 2 is 2.12 bits per heavy atom. The summed E-state index contributed by atoms with van der Waals surface area (Å²) in [6.45, 7) is 4.16. The third kappa shape index (κ3) is 2.80. The van der Waals surface area contributed by atoms with Crippen LogP contribution in [0.5, 0.6) is 0 Å². The van der Waals surface area contributed by atoms with Gasteiger partial charge in [0, 0.05) is 5.69 Å². The lowest BCUT2D eigenvalue weighted by Crippen LogP contribution is -2.05. The zero-order valence-corrected chi connectivity index (χ0v) is 13.9. The maximum absolute atomic E-state index is 11.8. The number of imidazole rings is 1. The van der Waals surface area contributed by atoms with Crippen LogP contribution >= 0.6 is 0 Å². The van der Waals surface area contributed by atoms with Crippen LogP contribution in [0.2, 0.25) is 0 Å². The van der Waals surface area contributed by atoms with Crippen molar-refractivity contribution < 1.29 is 9.53 Å². The van der Waals surface area contributed by atoms with Crippen LogP contribution in [-0.4, -0.2) is 32.2 Å². The number of carbonyl (C=O) groups is 1. The van der Waals surface area contributed by atoms with Crippen LogP contribution in [0.15, 0.2) is 42.5 Å². The molecule has 0 aliphatic heterocycles. The summed E-state index contributed by atoms with van der Waals surface area (Å²) in [5.41, 5.74) is 4.24. The Balaban J connectivity index is 1.64. The summed E-state index contributed by atoms with van der Waals surface area (Å²) >= 11 is 0. The number of nitrogens with zero attached hydrogens (tertiary/aromatic N) is 3. The molecule has 2 aromatic heterocycles. The van der Waals surface area contributed by atoms with Crippen molar-refractivity contribution in [3.8, 4) is 0 Å². The summed E-state index contributed by atoms with van der Waals surface area (Å²) in [6, 6.07) is 13.2. The van der Waals surface area contributed by atoms with Crippen LogP contribution < -0.4 is 5.32 Å². The van der Waals surface area contributed by atoms with E-state index in [2.05, 4.69) is 20.4 Å². The minimum atomic E-state index is -0.346. The third-order valence-electron chi connectivity index (χ3n) is 3.86. The molecule has 0 radical (unpaired) electrons. The molecule has 0 amide bonds. The van der Waals surface area contributed by atoms with Crippen molar-refractivity contribution in [2.75, 3.05) is 11.9 Å². The number of H-pyrrole nitrogens is 1. The maximum atomic E-state index is 11.8. The number of carbonyl (C=O) groups excluding carboxylic acids is 1. The minimum Gasteiger partial charge on any atom is -0.462 e. The first-order valence-corrected chi connectivity index (χ1v) is 8.03. The monoisotopic (exact) mass is 335 g/mol. The van der Waals surface area contributed by atoms with Gasteiger partial charge in [-0.25, -0.2) is 14.3 Å². The van der Waals surface area contributed by atoms with Gasteiger partial charge in [0.25, 0.3) is 5.78 Å². The summed E-state index contributed by atoms with van der Waals surface area (Å²) in [4.78, 5) is 20.8. The van der Waals surface area contributed by atoms with E-state index in [1.54, 1.807) is 25.1 Å². The molecule has 0 spiro atoms. The van der Waals surface area contributed by atoms with Crippen LogP contribution in [0.3, 0.4) is 0 Å². The Hall–Kier alpha value is -3.35. The molecule has 0 fully saturated rings. The molecule has 0 saturated heterocycles. The van der Waals surface area contributed by atoms with Gasteiger partial charge in [-0.15, -0.1) is 0 Å². The van der Waals surface area contributed by atoms with E-state index < -0.39 is 0 Å². The summed E-state index contributed by atoms with van der Waals surface area (Å²) in [6.07, 6.45) is 0. The van der Waals surface area contributed by atoms with Gasteiger partial charge >= 0.3 is 5.97 Å². The normalized spacial score (nSPS) is 11.1. The highest BCUT2D eigenvalue weighted by molar-refractivity contribution is 5.90. The maximum Gasteiger partial charge on any atom is 0.338 e. The molecule has 0 aliphatic carbocycles. The number of esters is 1. The number of fused-ring (bicyclic) bond motifs is 3. The van der Waals surface area contributed by atoms with Crippen LogP contribution in [0.25, 0.3) is 16.8 Å². The number of aromatic amines is 1. The summed E-state index contributed by atoms with van der Waals surface area (Å²) < 4.78 is 6.85. The number of rotatable bonds is 4. The Kier molecular flexibility index (Phi) is 3.61. The van der Waals surface area contributed by atoms with Crippen molar-refractivity contribution in [1.29, 1.82) is 0 Å². The molecule has 0 bridgehead atoms. The number of nitrogens with one attached hydrogen (secondary N) is 2. The lowest BCUT2D eigenvalue weighted by atomic mass is 10.2. The second-order valence-electron chi connectivity index (χ2n) is 5.74. The van der Waals surface area contributed by atoms with Gasteiger partial charge in [-0.3, -0.25) is 5.10 Å². The quantitative estimate of drug-likeness (QED) is 0.558. The SMILES string of the molecule is CCOC(=O)c1cccc(Nc2nc3nc4cc(C)ccc4n3[nH]2)c1. The molecule has 126 valence electrons. The van der Waals surface area contributed by atoms with E-state index in [4.69, 9.17) is 4.74 Å². The fourth-order valence-electron chi connectivity index (χ4n) is 2.72. The van der Waals surface area contributed by atoms with Crippen LogP contribution in [0, 0.1) is 6.92 Å². The van der Waals surface area contributed by atoms with Crippen LogP contribution in [0.1, 0.15) is 22.8 Å². The van der Waals surface area contributed by atoms with Crippen molar-refractivity contribution in [3.63, 3.8) is 0 Å². The van der Waals surface area contributed by atoms with E-state index in [-0.39, 0.29) is 5.97 Å². The minimum absolute atomic E-state index is 0.346. The van der Waals surface area contributed by atoms with Crippen LogP contribution in [0.4, 0.5) is 11.6 Å². The Morgan fingerprint density at radius 1 is 1.24 bits per heavy atom. The van der Waals surface area contributed by atoms with Gasteiger partial charge in [0.2, 0.25) is 5.95 Å².